The van der Waals surface area contributed by atoms with Gasteiger partial charge < -0.3 is 9.73 Å². The normalized spacial score (nSPS) is 16.4. The fraction of sp³-hybridized carbons (Fsp3) is 0.556. The number of fused-ring (bicyclic) bond motifs is 1. The standard InChI is InChI=1S/C18H25N7O/c1-12-13(2)26-18(20-12)11-24-8-6-15(7-9-24)10-19-16-4-5-17-22-21-14(3)25(17)23-16/h4-5,15H,6-11H2,1-3H3,(H,19,23). The zero-order valence-electron chi connectivity index (χ0n) is 15.6. The lowest BCUT2D eigenvalue weighted by Gasteiger charge is -2.31. The summed E-state index contributed by atoms with van der Waals surface area (Å²) >= 11 is 0. The number of likely N-dealkylation sites (tertiary alicyclic amines) is 1. The molecule has 0 aliphatic carbocycles. The predicted octanol–water partition coefficient (Wildman–Crippen LogP) is 2.36. The van der Waals surface area contributed by atoms with Gasteiger partial charge in [-0.15, -0.1) is 15.3 Å². The van der Waals surface area contributed by atoms with Gasteiger partial charge in [-0.3, -0.25) is 4.90 Å². The number of rotatable bonds is 5. The van der Waals surface area contributed by atoms with Crippen LogP contribution in [0.1, 0.15) is 36.0 Å². The van der Waals surface area contributed by atoms with Crippen LogP contribution in [0, 0.1) is 26.7 Å². The third kappa shape index (κ3) is 3.55. The Hall–Kier alpha value is -2.48. The fourth-order valence-corrected chi connectivity index (χ4v) is 3.39. The molecule has 3 aromatic rings. The first kappa shape index (κ1) is 17.0. The van der Waals surface area contributed by atoms with Gasteiger partial charge in [0.25, 0.3) is 0 Å². The lowest BCUT2D eigenvalue weighted by atomic mass is 9.97. The number of oxazole rings is 1. The summed E-state index contributed by atoms with van der Waals surface area (Å²) in [4.78, 5) is 6.91. The topological polar surface area (TPSA) is 84.4 Å². The van der Waals surface area contributed by atoms with Crippen LogP contribution in [0.3, 0.4) is 0 Å². The molecule has 8 nitrogen and oxygen atoms in total. The molecule has 0 aromatic carbocycles. The van der Waals surface area contributed by atoms with E-state index in [2.05, 4.69) is 30.5 Å². The van der Waals surface area contributed by atoms with E-state index in [4.69, 9.17) is 4.42 Å². The quantitative estimate of drug-likeness (QED) is 0.752. The summed E-state index contributed by atoms with van der Waals surface area (Å²) in [5.74, 6) is 4.08. The van der Waals surface area contributed by atoms with E-state index in [1.165, 1.54) is 12.8 Å². The predicted molar refractivity (Wildman–Crippen MR) is 98.0 cm³/mol. The molecule has 4 heterocycles. The Bertz CT molecular complexity index is 873. The van der Waals surface area contributed by atoms with E-state index < -0.39 is 0 Å². The van der Waals surface area contributed by atoms with Gasteiger partial charge in [-0.1, -0.05) is 0 Å². The molecule has 4 rings (SSSR count). The van der Waals surface area contributed by atoms with E-state index in [1.54, 1.807) is 4.52 Å². The Kier molecular flexibility index (Phi) is 4.58. The van der Waals surface area contributed by atoms with Gasteiger partial charge in [-0.05, 0) is 64.8 Å². The first-order chi connectivity index (χ1) is 12.6. The largest absolute Gasteiger partial charge is 0.444 e. The van der Waals surface area contributed by atoms with Crippen molar-refractivity contribution in [3.8, 4) is 0 Å². The summed E-state index contributed by atoms with van der Waals surface area (Å²) in [7, 11) is 0. The Morgan fingerprint density at radius 2 is 1.96 bits per heavy atom. The maximum Gasteiger partial charge on any atom is 0.208 e. The Balaban J connectivity index is 1.27. The first-order valence-corrected chi connectivity index (χ1v) is 9.16. The van der Waals surface area contributed by atoms with Gasteiger partial charge in [0.2, 0.25) is 5.89 Å². The molecule has 1 aliphatic rings. The highest BCUT2D eigenvalue weighted by atomic mass is 16.4. The second-order valence-corrected chi connectivity index (χ2v) is 7.09. The molecule has 3 aromatic heterocycles. The van der Waals surface area contributed by atoms with Crippen molar-refractivity contribution in [2.24, 2.45) is 5.92 Å². The molecule has 1 fully saturated rings. The Morgan fingerprint density at radius 1 is 1.15 bits per heavy atom. The fourth-order valence-electron chi connectivity index (χ4n) is 3.39. The van der Waals surface area contributed by atoms with Crippen LogP contribution >= 0.6 is 0 Å². The van der Waals surface area contributed by atoms with Crippen LogP contribution in [0.15, 0.2) is 16.5 Å². The first-order valence-electron chi connectivity index (χ1n) is 9.16. The van der Waals surface area contributed by atoms with Crippen LogP contribution in [0.5, 0.6) is 0 Å². The molecular formula is C18H25N7O. The van der Waals surface area contributed by atoms with E-state index >= 15 is 0 Å². The molecule has 0 spiro atoms. The number of aromatic nitrogens is 5. The summed E-state index contributed by atoms with van der Waals surface area (Å²) in [6.07, 6.45) is 2.33. The molecule has 0 unspecified atom stereocenters. The minimum absolute atomic E-state index is 0.652. The minimum Gasteiger partial charge on any atom is -0.444 e. The van der Waals surface area contributed by atoms with Crippen LogP contribution in [-0.4, -0.2) is 49.3 Å². The number of hydrogen-bond acceptors (Lipinski definition) is 7. The van der Waals surface area contributed by atoms with Crippen LogP contribution < -0.4 is 5.32 Å². The summed E-state index contributed by atoms with van der Waals surface area (Å²) in [5.41, 5.74) is 1.77. The zero-order valence-corrected chi connectivity index (χ0v) is 15.6. The summed E-state index contributed by atoms with van der Waals surface area (Å²) in [5, 5.41) is 16.1. The van der Waals surface area contributed by atoms with Gasteiger partial charge in [0, 0.05) is 6.54 Å². The lowest BCUT2D eigenvalue weighted by molar-refractivity contribution is 0.167. The zero-order chi connectivity index (χ0) is 18.1. The van der Waals surface area contributed by atoms with E-state index in [1.807, 2.05) is 32.9 Å². The number of anilines is 1. The van der Waals surface area contributed by atoms with Crippen molar-refractivity contribution < 1.29 is 4.42 Å². The highest BCUT2D eigenvalue weighted by molar-refractivity contribution is 5.43. The van der Waals surface area contributed by atoms with Crippen molar-refractivity contribution in [3.63, 3.8) is 0 Å². The number of nitrogens with one attached hydrogen (secondary N) is 1. The molecule has 8 heteroatoms. The molecule has 0 bridgehead atoms. The molecule has 1 saturated heterocycles. The second kappa shape index (κ2) is 7.03. The third-order valence-corrected chi connectivity index (χ3v) is 5.13. The SMILES string of the molecule is Cc1nc(CN2CCC(CNc3ccc4nnc(C)n4n3)CC2)oc1C. The van der Waals surface area contributed by atoms with Crippen molar-refractivity contribution >= 4 is 11.5 Å². The summed E-state index contributed by atoms with van der Waals surface area (Å²) < 4.78 is 7.47. The van der Waals surface area contributed by atoms with Crippen LogP contribution in [0.2, 0.25) is 0 Å². The molecule has 0 saturated carbocycles. The van der Waals surface area contributed by atoms with E-state index in [0.29, 0.717) is 5.92 Å². The van der Waals surface area contributed by atoms with Crippen molar-refractivity contribution in [3.05, 3.63) is 35.3 Å². The highest BCUT2D eigenvalue weighted by Crippen LogP contribution is 2.20. The Labute approximate surface area is 152 Å². The monoisotopic (exact) mass is 355 g/mol. The molecule has 1 aliphatic heterocycles. The van der Waals surface area contributed by atoms with E-state index in [9.17, 15) is 0 Å². The van der Waals surface area contributed by atoms with Gasteiger partial charge >= 0.3 is 0 Å². The van der Waals surface area contributed by atoms with Crippen molar-refractivity contribution in [1.29, 1.82) is 0 Å². The summed E-state index contributed by atoms with van der Waals surface area (Å²) in [6.45, 7) is 9.76. The average molecular weight is 355 g/mol. The Morgan fingerprint density at radius 3 is 2.69 bits per heavy atom. The smallest absolute Gasteiger partial charge is 0.208 e. The van der Waals surface area contributed by atoms with Crippen molar-refractivity contribution in [1.82, 2.24) is 29.7 Å². The van der Waals surface area contributed by atoms with Gasteiger partial charge in [0.15, 0.2) is 11.5 Å². The molecule has 138 valence electrons. The third-order valence-electron chi connectivity index (χ3n) is 5.13. The number of piperidine rings is 1. The molecule has 0 atom stereocenters. The highest BCUT2D eigenvalue weighted by Gasteiger charge is 2.21. The van der Waals surface area contributed by atoms with Gasteiger partial charge in [0.1, 0.15) is 11.6 Å². The molecule has 26 heavy (non-hydrogen) atoms. The maximum absolute atomic E-state index is 5.70. The van der Waals surface area contributed by atoms with Crippen LogP contribution in [-0.2, 0) is 6.54 Å². The maximum atomic E-state index is 5.70. The van der Waals surface area contributed by atoms with Gasteiger partial charge in [-0.2, -0.15) is 4.52 Å². The van der Waals surface area contributed by atoms with Crippen molar-refractivity contribution in [2.45, 2.75) is 40.2 Å². The minimum atomic E-state index is 0.652. The lowest BCUT2D eigenvalue weighted by Crippen LogP contribution is -2.35. The molecule has 0 radical (unpaired) electrons. The van der Waals surface area contributed by atoms with Crippen molar-refractivity contribution in [2.75, 3.05) is 25.0 Å². The number of hydrogen-bond donors (Lipinski definition) is 1. The summed E-state index contributed by atoms with van der Waals surface area (Å²) in [6, 6.07) is 3.91. The molecule has 0 amide bonds. The van der Waals surface area contributed by atoms with Gasteiger partial charge in [-0.25, -0.2) is 4.98 Å². The molecule has 1 N–H and O–H groups in total. The van der Waals surface area contributed by atoms with Crippen LogP contribution in [0.4, 0.5) is 5.82 Å². The van der Waals surface area contributed by atoms with Crippen LogP contribution in [0.25, 0.3) is 5.65 Å². The van der Waals surface area contributed by atoms with E-state index in [0.717, 1.165) is 60.8 Å². The molecular weight excluding hydrogens is 330 g/mol. The van der Waals surface area contributed by atoms with Gasteiger partial charge in [0.05, 0.1) is 12.2 Å². The van der Waals surface area contributed by atoms with E-state index in [-0.39, 0.29) is 0 Å². The average Bonchev–Trinajstić information content (AvgIpc) is 3.16. The second-order valence-electron chi connectivity index (χ2n) is 7.09. The number of aryl methyl sites for hydroxylation is 3. The number of nitrogens with zero attached hydrogens (tertiary/aromatic N) is 6.